The van der Waals surface area contributed by atoms with Gasteiger partial charge in [0.05, 0.1) is 11.3 Å². The highest BCUT2D eigenvalue weighted by Crippen LogP contribution is 2.30. The third kappa shape index (κ3) is 4.59. The van der Waals surface area contributed by atoms with E-state index in [1.807, 2.05) is 18.2 Å². The summed E-state index contributed by atoms with van der Waals surface area (Å²) in [6, 6.07) is 10.1. The lowest BCUT2D eigenvalue weighted by atomic mass is 10.1. The Morgan fingerprint density at radius 1 is 1.15 bits per heavy atom. The molecule has 0 aliphatic carbocycles. The zero-order chi connectivity index (χ0) is 19.4. The molecule has 0 unspecified atom stereocenters. The van der Waals surface area contributed by atoms with Crippen molar-refractivity contribution in [1.29, 1.82) is 0 Å². The van der Waals surface area contributed by atoms with Gasteiger partial charge in [-0.05, 0) is 42.0 Å². The van der Waals surface area contributed by atoms with E-state index < -0.39 is 11.7 Å². The minimum absolute atomic E-state index is 0.0522. The van der Waals surface area contributed by atoms with Crippen molar-refractivity contribution in [3.05, 3.63) is 59.8 Å². The van der Waals surface area contributed by atoms with Crippen LogP contribution in [0.3, 0.4) is 0 Å². The van der Waals surface area contributed by atoms with E-state index >= 15 is 0 Å². The van der Waals surface area contributed by atoms with E-state index in [2.05, 4.69) is 10.3 Å². The summed E-state index contributed by atoms with van der Waals surface area (Å²) in [5.41, 5.74) is 1.54. The number of nitrogens with one attached hydrogen (secondary N) is 2. The Morgan fingerprint density at radius 3 is 2.56 bits per heavy atom. The van der Waals surface area contributed by atoms with Gasteiger partial charge in [0, 0.05) is 24.2 Å². The number of benzene rings is 2. The van der Waals surface area contributed by atoms with Crippen molar-refractivity contribution in [3.63, 3.8) is 0 Å². The number of aromatic nitrogens is 1. The minimum atomic E-state index is -4.37. The number of aromatic amines is 1. The van der Waals surface area contributed by atoms with Crippen LogP contribution < -0.4 is 10.1 Å². The van der Waals surface area contributed by atoms with Crippen LogP contribution in [0.2, 0.25) is 0 Å². The molecule has 0 atom stereocenters. The predicted octanol–water partition coefficient (Wildman–Crippen LogP) is 4.35. The Bertz CT molecular complexity index is 934. The summed E-state index contributed by atoms with van der Waals surface area (Å²) in [4.78, 5) is 14.7. The average Bonchev–Trinajstić information content (AvgIpc) is 3.02. The summed E-state index contributed by atoms with van der Waals surface area (Å²) < 4.78 is 48.1. The highest BCUT2D eigenvalue weighted by molar-refractivity contribution is 6.02. The molecule has 0 spiro atoms. The Labute approximate surface area is 153 Å². The molecule has 0 radical (unpaired) electrons. The summed E-state index contributed by atoms with van der Waals surface area (Å²) in [5.74, 6) is 0.0654. The quantitative estimate of drug-likeness (QED) is 0.670. The van der Waals surface area contributed by atoms with Gasteiger partial charge in [-0.15, -0.1) is 0 Å². The van der Waals surface area contributed by atoms with E-state index in [0.717, 1.165) is 28.6 Å². The number of fused-ring (bicyclic) bond motifs is 1. The molecule has 0 aliphatic rings. The molecule has 2 N–H and O–H groups in total. The van der Waals surface area contributed by atoms with Crippen LogP contribution in [0.5, 0.6) is 5.75 Å². The van der Waals surface area contributed by atoms with Gasteiger partial charge in [-0.25, -0.2) is 0 Å². The standard InChI is InChI=1S/C19H17F3N2O3/c1-26-11-18(25)24-17-9-23-16-7-2-12(8-15(16)17)10-27-14-5-3-13(4-6-14)19(20,21)22/h2-9,23H,10-11H2,1H3,(H,24,25). The third-order valence-electron chi connectivity index (χ3n) is 3.88. The monoisotopic (exact) mass is 378 g/mol. The van der Waals surface area contributed by atoms with Gasteiger partial charge in [-0.1, -0.05) is 6.07 Å². The third-order valence-corrected chi connectivity index (χ3v) is 3.88. The summed E-state index contributed by atoms with van der Waals surface area (Å²) in [5, 5.41) is 3.54. The number of rotatable bonds is 6. The number of anilines is 1. The largest absolute Gasteiger partial charge is 0.489 e. The maximum atomic E-state index is 12.6. The minimum Gasteiger partial charge on any atom is -0.489 e. The summed E-state index contributed by atoms with van der Waals surface area (Å²) in [6.45, 7) is 0.126. The van der Waals surface area contributed by atoms with E-state index in [9.17, 15) is 18.0 Å². The molecule has 5 nitrogen and oxygen atoms in total. The topological polar surface area (TPSA) is 63.3 Å². The van der Waals surface area contributed by atoms with Crippen LogP contribution >= 0.6 is 0 Å². The smallest absolute Gasteiger partial charge is 0.416 e. The van der Waals surface area contributed by atoms with Gasteiger partial charge in [-0.2, -0.15) is 13.2 Å². The number of carbonyl (C=O) groups excluding carboxylic acids is 1. The van der Waals surface area contributed by atoms with Crippen LogP contribution in [0, 0.1) is 0 Å². The number of hydrogen-bond acceptors (Lipinski definition) is 3. The summed E-state index contributed by atoms with van der Waals surface area (Å²) in [6.07, 6.45) is -2.69. The maximum absolute atomic E-state index is 12.6. The molecular formula is C19H17F3N2O3. The van der Waals surface area contributed by atoms with Crippen LogP contribution in [-0.2, 0) is 22.3 Å². The molecule has 1 amide bonds. The lowest BCUT2D eigenvalue weighted by Gasteiger charge is -2.10. The lowest BCUT2D eigenvalue weighted by Crippen LogP contribution is -2.16. The van der Waals surface area contributed by atoms with Crippen LogP contribution in [-0.4, -0.2) is 24.6 Å². The molecule has 0 saturated heterocycles. The van der Waals surface area contributed by atoms with E-state index in [-0.39, 0.29) is 19.1 Å². The molecule has 3 rings (SSSR count). The van der Waals surface area contributed by atoms with Crippen molar-refractivity contribution >= 4 is 22.5 Å². The Balaban J connectivity index is 1.71. The Hall–Kier alpha value is -3.00. The first kappa shape index (κ1) is 18.8. The fourth-order valence-corrected chi connectivity index (χ4v) is 2.59. The summed E-state index contributed by atoms with van der Waals surface area (Å²) in [7, 11) is 1.44. The number of hydrogen-bond donors (Lipinski definition) is 2. The van der Waals surface area contributed by atoms with Gasteiger partial charge in [0.2, 0.25) is 5.91 Å². The van der Waals surface area contributed by atoms with Crippen molar-refractivity contribution < 1.29 is 27.4 Å². The van der Waals surface area contributed by atoms with Crippen LogP contribution in [0.15, 0.2) is 48.7 Å². The Morgan fingerprint density at radius 2 is 1.89 bits per heavy atom. The van der Waals surface area contributed by atoms with Gasteiger partial charge in [-0.3, -0.25) is 4.79 Å². The van der Waals surface area contributed by atoms with Crippen LogP contribution in [0.25, 0.3) is 10.9 Å². The number of methoxy groups -OCH3 is 1. The van der Waals surface area contributed by atoms with Crippen molar-refractivity contribution in [2.75, 3.05) is 19.0 Å². The van der Waals surface area contributed by atoms with E-state index in [4.69, 9.17) is 9.47 Å². The predicted molar refractivity (Wildman–Crippen MR) is 94.6 cm³/mol. The normalized spacial score (nSPS) is 11.6. The van der Waals surface area contributed by atoms with Crippen LogP contribution in [0.1, 0.15) is 11.1 Å². The highest BCUT2D eigenvalue weighted by atomic mass is 19.4. The first-order chi connectivity index (χ1) is 12.9. The molecule has 3 aromatic rings. The number of H-pyrrole nitrogens is 1. The molecule has 8 heteroatoms. The highest BCUT2D eigenvalue weighted by Gasteiger charge is 2.30. The van der Waals surface area contributed by atoms with E-state index in [1.165, 1.54) is 19.2 Å². The second kappa shape index (κ2) is 7.71. The van der Waals surface area contributed by atoms with E-state index in [1.54, 1.807) is 6.20 Å². The molecule has 1 heterocycles. The van der Waals surface area contributed by atoms with Gasteiger partial charge < -0.3 is 19.8 Å². The maximum Gasteiger partial charge on any atom is 0.416 e. The lowest BCUT2D eigenvalue weighted by molar-refractivity contribution is -0.137. The number of alkyl halides is 3. The fourth-order valence-electron chi connectivity index (χ4n) is 2.59. The second-order valence-corrected chi connectivity index (χ2v) is 5.87. The number of ether oxygens (including phenoxy) is 2. The molecule has 0 saturated carbocycles. The molecule has 142 valence electrons. The van der Waals surface area contributed by atoms with Crippen LogP contribution in [0.4, 0.5) is 18.9 Å². The zero-order valence-electron chi connectivity index (χ0n) is 14.4. The molecule has 27 heavy (non-hydrogen) atoms. The van der Waals surface area contributed by atoms with Crippen molar-refractivity contribution in [1.82, 2.24) is 4.98 Å². The van der Waals surface area contributed by atoms with Gasteiger partial charge in [0.25, 0.3) is 0 Å². The molecule has 1 aromatic heterocycles. The van der Waals surface area contributed by atoms with Crippen molar-refractivity contribution in [2.24, 2.45) is 0 Å². The van der Waals surface area contributed by atoms with Crippen molar-refractivity contribution in [3.8, 4) is 5.75 Å². The fraction of sp³-hybridized carbons (Fsp3) is 0.211. The SMILES string of the molecule is COCC(=O)Nc1c[nH]c2ccc(COc3ccc(C(F)(F)F)cc3)cc12. The molecular weight excluding hydrogens is 361 g/mol. The summed E-state index contributed by atoms with van der Waals surface area (Å²) >= 11 is 0. The molecule has 0 bridgehead atoms. The first-order valence-electron chi connectivity index (χ1n) is 8.05. The van der Waals surface area contributed by atoms with Gasteiger partial charge >= 0.3 is 6.18 Å². The molecule has 2 aromatic carbocycles. The van der Waals surface area contributed by atoms with Crippen molar-refractivity contribution in [2.45, 2.75) is 12.8 Å². The Kier molecular flexibility index (Phi) is 5.36. The number of carbonyl (C=O) groups is 1. The second-order valence-electron chi connectivity index (χ2n) is 5.87. The number of halogens is 3. The van der Waals surface area contributed by atoms with E-state index in [0.29, 0.717) is 11.4 Å². The van der Waals surface area contributed by atoms with Gasteiger partial charge in [0.15, 0.2) is 0 Å². The zero-order valence-corrected chi connectivity index (χ0v) is 14.4. The molecule has 0 fully saturated rings. The first-order valence-corrected chi connectivity index (χ1v) is 8.05. The number of amides is 1. The average molecular weight is 378 g/mol. The molecule has 0 aliphatic heterocycles. The van der Waals surface area contributed by atoms with Gasteiger partial charge in [0.1, 0.15) is 19.0 Å².